The fourth-order valence-corrected chi connectivity index (χ4v) is 1.71. The fourth-order valence-electron chi connectivity index (χ4n) is 1.71. The lowest BCUT2D eigenvalue weighted by molar-refractivity contribution is -0.135. The van der Waals surface area contributed by atoms with E-state index in [1.807, 2.05) is 0 Å². The van der Waals surface area contributed by atoms with Gasteiger partial charge in [0.25, 0.3) is 11.5 Å². The SMILES string of the molecule is O=C([OH2+])CNC(=O)c1c[nH]c(=O)c(NC2=NCC(O)CN2)c1. The van der Waals surface area contributed by atoms with Crippen LogP contribution in [0.15, 0.2) is 22.1 Å². The molecule has 1 unspecified atom stereocenters. The minimum absolute atomic E-state index is 0.0903. The van der Waals surface area contributed by atoms with E-state index in [1.54, 1.807) is 0 Å². The normalized spacial score (nSPS) is 17.1. The first kappa shape index (κ1) is 15.5. The van der Waals surface area contributed by atoms with Crippen LogP contribution in [0.3, 0.4) is 0 Å². The van der Waals surface area contributed by atoms with Crippen LogP contribution in [0.1, 0.15) is 10.4 Å². The second-order valence-corrected chi connectivity index (χ2v) is 4.59. The first-order valence-corrected chi connectivity index (χ1v) is 6.44. The number of hydrogen-bond donors (Lipinski definition) is 5. The van der Waals surface area contributed by atoms with Crippen molar-refractivity contribution in [2.75, 3.05) is 25.0 Å². The average molecular weight is 310 g/mol. The Hall–Kier alpha value is -2.88. The predicted octanol–water partition coefficient (Wildman–Crippen LogP) is -2.91. The molecule has 1 atom stereocenters. The van der Waals surface area contributed by atoms with Crippen LogP contribution < -0.4 is 21.5 Å². The highest BCUT2D eigenvalue weighted by Gasteiger charge is 2.15. The van der Waals surface area contributed by atoms with Gasteiger partial charge in [0, 0.05) is 17.5 Å². The van der Waals surface area contributed by atoms with Crippen LogP contribution in [0.5, 0.6) is 0 Å². The Labute approximate surface area is 124 Å². The van der Waals surface area contributed by atoms with Gasteiger partial charge in [-0.3, -0.25) is 14.6 Å². The molecule has 0 bridgehead atoms. The first-order valence-electron chi connectivity index (χ1n) is 6.44. The molecule has 1 amide bonds. The van der Waals surface area contributed by atoms with Gasteiger partial charge in [0.2, 0.25) is 0 Å². The number of aliphatic hydroxyl groups excluding tert-OH is 1. The molecule has 22 heavy (non-hydrogen) atoms. The highest BCUT2D eigenvalue weighted by atomic mass is 16.4. The minimum atomic E-state index is -0.921. The molecule has 7 N–H and O–H groups in total. The number of nitrogens with zero attached hydrogens (tertiary/aromatic N) is 1. The first-order chi connectivity index (χ1) is 10.5. The molecule has 1 aromatic heterocycles. The number of aliphatic hydroxyl groups is 1. The molecule has 2 rings (SSSR count). The molecule has 10 nitrogen and oxygen atoms in total. The Kier molecular flexibility index (Phi) is 4.73. The van der Waals surface area contributed by atoms with Crippen molar-refractivity contribution in [2.24, 2.45) is 4.99 Å². The van der Waals surface area contributed by atoms with Gasteiger partial charge in [0.15, 0.2) is 12.5 Å². The molecule has 1 aromatic rings. The summed E-state index contributed by atoms with van der Waals surface area (Å²) >= 11 is 0. The number of H-pyrrole nitrogens is 1. The van der Waals surface area contributed by atoms with Gasteiger partial charge in [-0.15, -0.1) is 0 Å². The van der Waals surface area contributed by atoms with E-state index in [9.17, 15) is 19.5 Å². The monoisotopic (exact) mass is 310 g/mol. The zero-order valence-corrected chi connectivity index (χ0v) is 11.5. The van der Waals surface area contributed by atoms with Crippen molar-refractivity contribution in [3.05, 3.63) is 28.2 Å². The largest absolute Gasteiger partial charge is 0.563 e. The van der Waals surface area contributed by atoms with Gasteiger partial charge >= 0.3 is 5.97 Å². The number of carbonyl (C=O) groups excluding carboxylic acids is 2. The summed E-state index contributed by atoms with van der Waals surface area (Å²) in [6.07, 6.45) is 0.625. The summed E-state index contributed by atoms with van der Waals surface area (Å²) in [7, 11) is 0. The van der Waals surface area contributed by atoms with E-state index in [2.05, 4.69) is 25.9 Å². The summed E-state index contributed by atoms with van der Waals surface area (Å²) < 4.78 is 0. The third-order valence-electron chi connectivity index (χ3n) is 2.79. The number of β-amino-alcohol motifs (C(OH)–C–C–N with tert-alkyl or cyclic N) is 1. The highest BCUT2D eigenvalue weighted by molar-refractivity contribution is 5.98. The Balaban J connectivity index is 2.11. The van der Waals surface area contributed by atoms with Crippen molar-refractivity contribution < 1.29 is 19.8 Å². The standard InChI is InChI=1S/C12H15N5O5/c18-7-3-15-12(16-4-7)17-8-1-6(2-13-11(8)22)10(21)14-5-9(19)20/h1-2,7,18H,3-5H2,(H,13,22)(H,14,21)(H,19,20)(H2,15,16,17)/p+1. The smallest absolute Gasteiger partial charge is 0.535 e. The van der Waals surface area contributed by atoms with Crippen LogP contribution in [-0.2, 0) is 4.79 Å². The summed E-state index contributed by atoms with van der Waals surface area (Å²) in [5.41, 5.74) is -0.240. The fraction of sp³-hybridized carbons (Fsp3) is 0.333. The Bertz CT molecular complexity index is 668. The third kappa shape index (κ3) is 4.06. The highest BCUT2D eigenvalue weighted by Crippen LogP contribution is 2.04. The lowest BCUT2D eigenvalue weighted by Crippen LogP contribution is -2.43. The number of aliphatic imine (C=N–C) groups is 1. The second kappa shape index (κ2) is 6.72. The molecule has 0 aromatic carbocycles. The average Bonchev–Trinajstić information content (AvgIpc) is 2.49. The molecule has 1 aliphatic rings. The Morgan fingerprint density at radius 3 is 2.91 bits per heavy atom. The van der Waals surface area contributed by atoms with E-state index >= 15 is 0 Å². The lowest BCUT2D eigenvalue weighted by atomic mass is 10.2. The maximum absolute atomic E-state index is 11.8. The van der Waals surface area contributed by atoms with Gasteiger partial charge in [0.1, 0.15) is 5.69 Å². The van der Waals surface area contributed by atoms with E-state index < -0.39 is 30.1 Å². The number of aromatic amines is 1. The quantitative estimate of drug-likeness (QED) is 0.375. The van der Waals surface area contributed by atoms with E-state index in [1.165, 1.54) is 12.3 Å². The summed E-state index contributed by atoms with van der Waals surface area (Å²) in [5, 5.41) is 23.8. The number of aromatic nitrogens is 1. The molecule has 0 spiro atoms. The molecule has 0 fully saturated rings. The molecule has 1 aliphatic heterocycles. The van der Waals surface area contributed by atoms with E-state index in [0.717, 1.165) is 0 Å². The van der Waals surface area contributed by atoms with Crippen molar-refractivity contribution in [3.8, 4) is 0 Å². The summed E-state index contributed by atoms with van der Waals surface area (Å²) in [5.74, 6) is -1.20. The number of amides is 1. The van der Waals surface area contributed by atoms with Crippen molar-refractivity contribution in [1.29, 1.82) is 0 Å². The van der Waals surface area contributed by atoms with Crippen LogP contribution in [0.25, 0.3) is 0 Å². The number of anilines is 1. The molecule has 10 heteroatoms. The predicted molar refractivity (Wildman–Crippen MR) is 78.0 cm³/mol. The zero-order valence-electron chi connectivity index (χ0n) is 11.5. The molecule has 118 valence electrons. The third-order valence-corrected chi connectivity index (χ3v) is 2.79. The molecular weight excluding hydrogens is 294 g/mol. The van der Waals surface area contributed by atoms with Crippen molar-refractivity contribution in [1.82, 2.24) is 15.6 Å². The van der Waals surface area contributed by atoms with Crippen molar-refractivity contribution in [2.45, 2.75) is 6.10 Å². The minimum Gasteiger partial charge on any atom is -0.563 e. The Morgan fingerprint density at radius 2 is 2.27 bits per heavy atom. The van der Waals surface area contributed by atoms with E-state index in [-0.39, 0.29) is 17.8 Å². The van der Waals surface area contributed by atoms with Crippen molar-refractivity contribution >= 4 is 23.5 Å². The topological polar surface area (TPSA) is 159 Å². The number of carbonyl (C=O) groups is 2. The van der Waals surface area contributed by atoms with Gasteiger partial charge < -0.3 is 31.1 Å². The van der Waals surface area contributed by atoms with E-state index in [0.29, 0.717) is 12.5 Å². The van der Waals surface area contributed by atoms with Gasteiger partial charge in [-0.2, -0.15) is 0 Å². The number of hydrogen-bond acceptors (Lipinski definition) is 7. The Morgan fingerprint density at radius 1 is 1.50 bits per heavy atom. The number of nitrogens with one attached hydrogen (secondary N) is 4. The van der Waals surface area contributed by atoms with Crippen LogP contribution in [0.4, 0.5) is 5.69 Å². The summed E-state index contributed by atoms with van der Waals surface area (Å²) in [4.78, 5) is 40.4. The molecular formula is C12H16N5O5+. The molecule has 0 saturated carbocycles. The molecule has 0 saturated heterocycles. The maximum atomic E-state index is 11.8. The van der Waals surface area contributed by atoms with Crippen molar-refractivity contribution in [3.63, 3.8) is 0 Å². The van der Waals surface area contributed by atoms with Crippen LogP contribution in [0, 0.1) is 0 Å². The second-order valence-electron chi connectivity index (χ2n) is 4.59. The molecule has 2 heterocycles. The van der Waals surface area contributed by atoms with Crippen LogP contribution in [0.2, 0.25) is 0 Å². The number of rotatable bonds is 4. The zero-order chi connectivity index (χ0) is 16.1. The number of pyridine rings is 1. The van der Waals surface area contributed by atoms with E-state index in [4.69, 9.17) is 5.11 Å². The molecule has 0 radical (unpaired) electrons. The maximum Gasteiger partial charge on any atom is 0.535 e. The van der Waals surface area contributed by atoms with Gasteiger partial charge in [-0.25, -0.2) is 0 Å². The lowest BCUT2D eigenvalue weighted by Gasteiger charge is -2.19. The molecule has 0 aliphatic carbocycles. The number of guanidine groups is 1. The van der Waals surface area contributed by atoms with Crippen LogP contribution >= 0.6 is 0 Å². The van der Waals surface area contributed by atoms with Gasteiger partial charge in [-0.1, -0.05) is 0 Å². The summed E-state index contributed by atoms with van der Waals surface area (Å²) in [6.45, 7) is 0.0986. The van der Waals surface area contributed by atoms with Crippen LogP contribution in [-0.4, -0.2) is 58.8 Å². The van der Waals surface area contributed by atoms with Gasteiger partial charge in [0.05, 0.1) is 18.2 Å². The summed E-state index contributed by atoms with van der Waals surface area (Å²) in [6, 6.07) is 1.30. The van der Waals surface area contributed by atoms with Gasteiger partial charge in [-0.05, 0) is 6.07 Å².